The van der Waals surface area contributed by atoms with Crippen LogP contribution in [0.4, 0.5) is 5.13 Å². The first kappa shape index (κ1) is 18.9. The van der Waals surface area contributed by atoms with Crippen molar-refractivity contribution in [3.63, 3.8) is 0 Å². The third-order valence-electron chi connectivity index (χ3n) is 3.31. The number of rotatable bonds is 6. The molecule has 0 radical (unpaired) electrons. The highest BCUT2D eigenvalue weighted by Gasteiger charge is 2.14. The second-order valence-electron chi connectivity index (χ2n) is 6.18. The molecule has 0 spiro atoms. The monoisotopic (exact) mass is 410 g/mol. The van der Waals surface area contributed by atoms with Crippen LogP contribution in [0.25, 0.3) is 4.96 Å². The number of hydrogen-bond acceptors (Lipinski definition) is 9. The molecular weight excluding hydrogens is 392 g/mol. The SMILES string of the molecule is CC(C)C(=O)Nc1nnc(SCc2cc(=O)n3nc(C(C)C)sc3n2)s1. The van der Waals surface area contributed by atoms with E-state index in [1.807, 2.05) is 27.7 Å². The topological polar surface area (TPSA) is 102 Å². The number of amides is 1. The van der Waals surface area contributed by atoms with Gasteiger partial charge in [-0.25, -0.2) is 4.98 Å². The smallest absolute Gasteiger partial charge is 0.275 e. The molecule has 0 unspecified atom stereocenters. The van der Waals surface area contributed by atoms with Gasteiger partial charge in [-0.2, -0.15) is 9.61 Å². The minimum absolute atomic E-state index is 0.0935. The van der Waals surface area contributed by atoms with E-state index in [1.54, 1.807) is 0 Å². The van der Waals surface area contributed by atoms with Crippen molar-refractivity contribution in [2.24, 2.45) is 5.92 Å². The van der Waals surface area contributed by atoms with Gasteiger partial charge in [0, 0.05) is 23.7 Å². The predicted molar refractivity (Wildman–Crippen MR) is 104 cm³/mol. The minimum atomic E-state index is -0.184. The molecule has 3 heterocycles. The van der Waals surface area contributed by atoms with Crippen molar-refractivity contribution in [1.29, 1.82) is 0 Å². The van der Waals surface area contributed by atoms with Gasteiger partial charge in [0.05, 0.1) is 5.69 Å². The van der Waals surface area contributed by atoms with Crippen molar-refractivity contribution in [2.75, 3.05) is 5.32 Å². The molecule has 0 aliphatic carbocycles. The Kier molecular flexibility index (Phi) is 5.68. The summed E-state index contributed by atoms with van der Waals surface area (Å²) in [6.45, 7) is 7.70. The van der Waals surface area contributed by atoms with Crippen LogP contribution in [0.5, 0.6) is 0 Å². The van der Waals surface area contributed by atoms with E-state index >= 15 is 0 Å². The van der Waals surface area contributed by atoms with Crippen LogP contribution in [0.2, 0.25) is 0 Å². The van der Waals surface area contributed by atoms with Gasteiger partial charge in [0.2, 0.25) is 16.0 Å². The van der Waals surface area contributed by atoms with Crippen LogP contribution in [0, 0.1) is 5.92 Å². The summed E-state index contributed by atoms with van der Waals surface area (Å²) in [6, 6.07) is 1.49. The van der Waals surface area contributed by atoms with Crippen molar-refractivity contribution in [2.45, 2.75) is 43.7 Å². The van der Waals surface area contributed by atoms with E-state index in [-0.39, 0.29) is 23.3 Å². The fraction of sp³-hybridized carbons (Fsp3) is 0.467. The van der Waals surface area contributed by atoms with Crippen molar-refractivity contribution >= 4 is 50.4 Å². The first-order chi connectivity index (χ1) is 12.3. The summed E-state index contributed by atoms with van der Waals surface area (Å²) in [4.78, 5) is 29.0. The zero-order valence-corrected chi connectivity index (χ0v) is 17.2. The van der Waals surface area contributed by atoms with E-state index < -0.39 is 0 Å². The molecule has 0 atom stereocenters. The van der Waals surface area contributed by atoms with Gasteiger partial charge in [0.1, 0.15) is 5.01 Å². The van der Waals surface area contributed by atoms with Gasteiger partial charge in [0.25, 0.3) is 5.56 Å². The Morgan fingerprint density at radius 1 is 1.27 bits per heavy atom. The number of thioether (sulfide) groups is 1. The highest BCUT2D eigenvalue weighted by atomic mass is 32.2. The summed E-state index contributed by atoms with van der Waals surface area (Å²) in [5.41, 5.74) is 0.484. The Morgan fingerprint density at radius 3 is 2.73 bits per heavy atom. The average molecular weight is 411 g/mol. The van der Waals surface area contributed by atoms with E-state index in [2.05, 4.69) is 25.6 Å². The largest absolute Gasteiger partial charge is 0.300 e. The lowest BCUT2D eigenvalue weighted by Crippen LogP contribution is -2.17. The van der Waals surface area contributed by atoms with E-state index in [9.17, 15) is 9.59 Å². The third-order valence-corrected chi connectivity index (χ3v) is 6.53. The highest BCUT2D eigenvalue weighted by Crippen LogP contribution is 2.28. The molecule has 1 amide bonds. The normalized spacial score (nSPS) is 11.6. The molecule has 0 bridgehead atoms. The quantitative estimate of drug-likeness (QED) is 0.492. The third kappa shape index (κ3) is 4.27. The van der Waals surface area contributed by atoms with Crippen molar-refractivity contribution in [1.82, 2.24) is 24.8 Å². The fourth-order valence-corrected chi connectivity index (χ4v) is 4.46. The molecule has 0 saturated heterocycles. The molecule has 138 valence electrons. The van der Waals surface area contributed by atoms with Crippen molar-refractivity contribution in [3.05, 3.63) is 27.1 Å². The maximum atomic E-state index is 12.2. The summed E-state index contributed by atoms with van der Waals surface area (Å²) in [5, 5.41) is 16.4. The number of nitrogens with zero attached hydrogens (tertiary/aromatic N) is 5. The van der Waals surface area contributed by atoms with Gasteiger partial charge >= 0.3 is 0 Å². The summed E-state index contributed by atoms with van der Waals surface area (Å²) >= 11 is 4.16. The molecule has 11 heteroatoms. The Labute approximate surface area is 162 Å². The number of aromatic nitrogens is 5. The molecule has 0 aromatic carbocycles. The lowest BCUT2D eigenvalue weighted by atomic mass is 10.2. The molecule has 0 aliphatic heterocycles. The highest BCUT2D eigenvalue weighted by molar-refractivity contribution is 8.00. The first-order valence-electron chi connectivity index (χ1n) is 8.00. The molecule has 3 aromatic rings. The van der Waals surface area contributed by atoms with Crippen molar-refractivity contribution in [3.8, 4) is 0 Å². The zero-order chi connectivity index (χ0) is 18.8. The number of anilines is 1. The maximum Gasteiger partial charge on any atom is 0.275 e. The second kappa shape index (κ2) is 7.80. The Hall–Kier alpha value is -1.85. The number of carbonyl (C=O) groups excluding carboxylic acids is 1. The summed E-state index contributed by atoms with van der Waals surface area (Å²) in [5.74, 6) is 0.533. The molecule has 0 aliphatic rings. The molecule has 3 aromatic heterocycles. The van der Waals surface area contributed by atoms with Gasteiger partial charge in [-0.15, -0.1) is 10.2 Å². The van der Waals surface area contributed by atoms with Crippen LogP contribution < -0.4 is 10.9 Å². The summed E-state index contributed by atoms with van der Waals surface area (Å²) in [7, 11) is 0. The average Bonchev–Trinajstić information content (AvgIpc) is 3.19. The molecule has 0 saturated carbocycles. The Morgan fingerprint density at radius 2 is 2.04 bits per heavy atom. The van der Waals surface area contributed by atoms with E-state index in [4.69, 9.17) is 0 Å². The lowest BCUT2D eigenvalue weighted by molar-refractivity contribution is -0.118. The molecule has 1 N–H and O–H groups in total. The summed E-state index contributed by atoms with van der Waals surface area (Å²) in [6.07, 6.45) is 0. The van der Waals surface area contributed by atoms with Gasteiger partial charge in [-0.05, 0) is 0 Å². The van der Waals surface area contributed by atoms with E-state index in [1.165, 1.54) is 45.0 Å². The molecular formula is C15H18N6O2S3. The van der Waals surface area contributed by atoms with Gasteiger partial charge in [0.15, 0.2) is 4.34 Å². The van der Waals surface area contributed by atoms with Gasteiger partial charge < -0.3 is 5.32 Å². The Balaban J connectivity index is 1.71. The van der Waals surface area contributed by atoms with Crippen LogP contribution in [-0.4, -0.2) is 30.7 Å². The second-order valence-corrected chi connectivity index (χ2v) is 9.37. The van der Waals surface area contributed by atoms with Crippen LogP contribution >= 0.6 is 34.4 Å². The van der Waals surface area contributed by atoms with E-state index in [0.29, 0.717) is 25.9 Å². The molecule has 8 nitrogen and oxygen atoms in total. The molecule has 0 fully saturated rings. The fourth-order valence-electron chi connectivity index (χ4n) is 1.88. The van der Waals surface area contributed by atoms with Crippen molar-refractivity contribution < 1.29 is 4.79 Å². The molecule has 26 heavy (non-hydrogen) atoms. The maximum absolute atomic E-state index is 12.2. The predicted octanol–water partition coefficient (Wildman–Crippen LogP) is 3.01. The van der Waals surface area contributed by atoms with Crippen LogP contribution in [-0.2, 0) is 10.5 Å². The number of fused-ring (bicyclic) bond motifs is 1. The minimum Gasteiger partial charge on any atom is -0.300 e. The standard InChI is InChI=1S/C15H18N6O2S3/c1-7(2)11(23)17-13-18-19-15(26-13)24-6-9-5-10(22)21-14(16-9)25-12(20-21)8(3)4/h5,7-8H,6H2,1-4H3,(H,17,18,23). The number of hydrogen-bond donors (Lipinski definition) is 1. The molecule has 3 rings (SSSR count). The van der Waals surface area contributed by atoms with Crippen LogP contribution in [0.1, 0.15) is 44.3 Å². The van der Waals surface area contributed by atoms with Gasteiger partial charge in [-0.3, -0.25) is 9.59 Å². The van der Waals surface area contributed by atoms with E-state index in [0.717, 1.165) is 5.01 Å². The Bertz CT molecular complexity index is 991. The van der Waals surface area contributed by atoms with Crippen LogP contribution in [0.3, 0.4) is 0 Å². The summed E-state index contributed by atoms with van der Waals surface area (Å²) < 4.78 is 2.05. The number of carbonyl (C=O) groups is 1. The van der Waals surface area contributed by atoms with Crippen LogP contribution in [0.15, 0.2) is 15.2 Å². The first-order valence-corrected chi connectivity index (χ1v) is 10.6. The number of nitrogens with one attached hydrogen (secondary N) is 1. The zero-order valence-electron chi connectivity index (χ0n) is 14.7. The lowest BCUT2D eigenvalue weighted by Gasteiger charge is -2.02. The van der Waals surface area contributed by atoms with Gasteiger partial charge in [-0.1, -0.05) is 62.1 Å².